The van der Waals surface area contributed by atoms with Crippen LogP contribution in [0.4, 0.5) is 0 Å². The molecule has 1 aliphatic heterocycles. The Morgan fingerprint density at radius 2 is 2.00 bits per heavy atom. The monoisotopic (exact) mass is 158 g/mol. The lowest BCUT2D eigenvalue weighted by Gasteiger charge is -2.19. The van der Waals surface area contributed by atoms with Crippen LogP contribution in [0.2, 0.25) is 0 Å². The van der Waals surface area contributed by atoms with Crippen molar-refractivity contribution in [3.8, 4) is 0 Å². The van der Waals surface area contributed by atoms with Crippen LogP contribution in [0.15, 0.2) is 0 Å². The van der Waals surface area contributed by atoms with Crippen molar-refractivity contribution in [2.45, 2.75) is 38.2 Å². The largest absolute Gasteiger partial charge is 0.0745 e. The van der Waals surface area contributed by atoms with Crippen molar-refractivity contribution < 1.29 is 1.37 Å². The lowest BCUT2D eigenvalue weighted by molar-refractivity contribution is 0.949. The van der Waals surface area contributed by atoms with Crippen LogP contribution >= 0.6 is 7.26 Å². The van der Waals surface area contributed by atoms with Crippen LogP contribution in [0.3, 0.4) is 0 Å². The Balaban J connectivity index is 2.15. The minimum atomic E-state index is -0.734. The molecule has 0 N–H and O–H groups in total. The smallest absolute Gasteiger partial charge is 0.0311 e. The van der Waals surface area contributed by atoms with Crippen molar-refractivity contribution >= 4 is 7.26 Å². The van der Waals surface area contributed by atoms with Gasteiger partial charge in [-0.1, -0.05) is 0 Å². The SMILES string of the molecule is [2H]C1([P+]2(CC)CCCC2)CC1. The highest BCUT2D eigenvalue weighted by Gasteiger charge is 2.51. The summed E-state index contributed by atoms with van der Waals surface area (Å²) in [5, 5.41) is 0. The molecule has 0 aromatic carbocycles. The first kappa shape index (κ1) is 6.00. The topological polar surface area (TPSA) is 0 Å². The summed E-state index contributed by atoms with van der Waals surface area (Å²) < 4.78 is 8.24. The van der Waals surface area contributed by atoms with E-state index in [0.717, 1.165) is 0 Å². The molecule has 0 radical (unpaired) electrons. The molecule has 1 saturated carbocycles. The molecule has 10 heavy (non-hydrogen) atoms. The van der Waals surface area contributed by atoms with E-state index in [1.165, 1.54) is 44.2 Å². The molecule has 1 aliphatic carbocycles. The molecular weight excluding hydrogens is 139 g/mol. The highest BCUT2D eigenvalue weighted by Crippen LogP contribution is 2.73. The van der Waals surface area contributed by atoms with Gasteiger partial charge in [0.05, 0.1) is 25.5 Å². The summed E-state index contributed by atoms with van der Waals surface area (Å²) in [4.78, 5) is 0. The quantitative estimate of drug-likeness (QED) is 0.542. The van der Waals surface area contributed by atoms with Gasteiger partial charge < -0.3 is 0 Å². The zero-order valence-corrected chi connectivity index (χ0v) is 7.79. The normalized spacial score (nSPS) is 35.5. The fraction of sp³-hybridized carbons (Fsp3) is 1.00. The average molecular weight is 158 g/mol. The predicted molar refractivity (Wildman–Crippen MR) is 49.5 cm³/mol. The molecule has 1 heteroatoms. The standard InChI is InChI=1S/C9H18P/c1-2-10(9-5-6-9)7-3-4-8-10/h9H,2-8H2,1H3/q+1/i9D. The zero-order valence-electron chi connectivity index (χ0n) is 7.90. The van der Waals surface area contributed by atoms with Crippen molar-refractivity contribution in [1.29, 1.82) is 0 Å². The van der Waals surface area contributed by atoms with E-state index in [1.807, 2.05) is 0 Å². The Bertz CT molecular complexity index is 157. The third-order valence-electron chi connectivity index (χ3n) is 3.17. The van der Waals surface area contributed by atoms with E-state index in [0.29, 0.717) is 0 Å². The number of rotatable bonds is 2. The third kappa shape index (κ3) is 1.01. The predicted octanol–water partition coefficient (Wildman–Crippen LogP) is 2.98. The number of hydrogen-bond acceptors (Lipinski definition) is 0. The Morgan fingerprint density at radius 1 is 1.40 bits per heavy atom. The van der Waals surface area contributed by atoms with Crippen LogP contribution in [-0.2, 0) is 0 Å². The molecule has 2 fully saturated rings. The van der Waals surface area contributed by atoms with Gasteiger partial charge in [0.15, 0.2) is 0 Å². The summed E-state index contributed by atoms with van der Waals surface area (Å²) in [7, 11) is -0.734. The Morgan fingerprint density at radius 3 is 2.40 bits per heavy atom. The maximum absolute atomic E-state index is 8.24. The molecule has 58 valence electrons. The van der Waals surface area contributed by atoms with Gasteiger partial charge >= 0.3 is 0 Å². The van der Waals surface area contributed by atoms with Crippen LogP contribution in [0.5, 0.6) is 0 Å². The lowest BCUT2D eigenvalue weighted by Crippen LogP contribution is -2.03. The minimum Gasteiger partial charge on any atom is -0.0311 e. The van der Waals surface area contributed by atoms with Gasteiger partial charge in [0, 0.05) is 7.26 Å². The first-order chi connectivity index (χ1) is 5.22. The lowest BCUT2D eigenvalue weighted by atomic mass is 10.4. The van der Waals surface area contributed by atoms with Gasteiger partial charge in [0.2, 0.25) is 0 Å². The van der Waals surface area contributed by atoms with E-state index in [1.54, 1.807) is 0 Å². The van der Waals surface area contributed by atoms with Crippen molar-refractivity contribution in [1.82, 2.24) is 0 Å². The molecule has 2 aliphatic rings. The summed E-state index contributed by atoms with van der Waals surface area (Å²) in [6.07, 6.45) is 9.59. The highest BCUT2D eigenvalue weighted by molar-refractivity contribution is 7.77. The van der Waals surface area contributed by atoms with Crippen molar-refractivity contribution in [3.63, 3.8) is 0 Å². The fourth-order valence-electron chi connectivity index (χ4n) is 2.33. The van der Waals surface area contributed by atoms with Gasteiger partial charge in [-0.2, -0.15) is 0 Å². The van der Waals surface area contributed by atoms with Gasteiger partial charge in [-0.15, -0.1) is 0 Å². The van der Waals surface area contributed by atoms with E-state index >= 15 is 0 Å². The second-order valence-corrected chi connectivity index (χ2v) is 8.13. The summed E-state index contributed by atoms with van der Waals surface area (Å²) >= 11 is 0. The molecule has 2 rings (SSSR count). The zero-order chi connectivity index (χ0) is 7.95. The second-order valence-electron chi connectivity index (χ2n) is 3.68. The highest BCUT2D eigenvalue weighted by atomic mass is 31.2. The Kier molecular flexibility index (Phi) is 1.49. The van der Waals surface area contributed by atoms with Gasteiger partial charge in [-0.05, 0) is 32.6 Å². The molecule has 1 heterocycles. The van der Waals surface area contributed by atoms with Gasteiger partial charge in [0.25, 0.3) is 0 Å². The maximum atomic E-state index is 8.24. The van der Waals surface area contributed by atoms with Crippen molar-refractivity contribution in [2.75, 3.05) is 18.5 Å². The molecule has 0 spiro atoms. The molecule has 0 atom stereocenters. The maximum Gasteiger partial charge on any atom is 0.0745 e. The van der Waals surface area contributed by atoms with Crippen LogP contribution in [-0.4, -0.2) is 24.1 Å². The molecule has 0 bridgehead atoms. The van der Waals surface area contributed by atoms with Crippen LogP contribution < -0.4 is 0 Å². The van der Waals surface area contributed by atoms with Gasteiger partial charge in [-0.25, -0.2) is 0 Å². The van der Waals surface area contributed by atoms with Crippen LogP contribution in [0.25, 0.3) is 0 Å². The molecule has 0 nitrogen and oxygen atoms in total. The van der Waals surface area contributed by atoms with Crippen LogP contribution in [0.1, 0.15) is 34.0 Å². The van der Waals surface area contributed by atoms with E-state index in [4.69, 9.17) is 1.37 Å². The first-order valence-electron chi connectivity index (χ1n) is 5.09. The molecule has 0 aromatic heterocycles. The molecule has 1 saturated heterocycles. The average Bonchev–Trinajstić information content (AvgIpc) is 2.62. The molecule has 0 aromatic rings. The van der Waals surface area contributed by atoms with Gasteiger partial charge in [-0.3, -0.25) is 0 Å². The Hall–Kier alpha value is 0.430. The van der Waals surface area contributed by atoms with E-state index in [2.05, 4.69) is 6.92 Å². The second kappa shape index (κ2) is 2.48. The summed E-state index contributed by atoms with van der Waals surface area (Å²) in [5.41, 5.74) is 0.137. The first-order valence-corrected chi connectivity index (χ1v) is 6.93. The van der Waals surface area contributed by atoms with Crippen LogP contribution in [0, 0.1) is 0 Å². The number of hydrogen-bond donors (Lipinski definition) is 0. The molecule has 0 amide bonds. The van der Waals surface area contributed by atoms with Crippen molar-refractivity contribution in [3.05, 3.63) is 0 Å². The summed E-state index contributed by atoms with van der Waals surface area (Å²) in [5.74, 6) is 0. The van der Waals surface area contributed by atoms with E-state index in [-0.39, 0.29) is 5.64 Å². The minimum absolute atomic E-state index is 0.137. The Labute approximate surface area is 66.1 Å². The molecule has 0 unspecified atom stereocenters. The van der Waals surface area contributed by atoms with E-state index in [9.17, 15) is 0 Å². The van der Waals surface area contributed by atoms with Crippen molar-refractivity contribution in [2.24, 2.45) is 0 Å². The third-order valence-corrected chi connectivity index (χ3v) is 8.52. The summed E-state index contributed by atoms with van der Waals surface area (Å²) in [6.45, 7) is 2.33. The molecular formula is C9H18P+. The fourth-order valence-corrected chi connectivity index (χ4v) is 6.98. The van der Waals surface area contributed by atoms with E-state index < -0.39 is 7.26 Å². The van der Waals surface area contributed by atoms with Gasteiger partial charge in [0.1, 0.15) is 0 Å². The summed E-state index contributed by atoms with van der Waals surface area (Å²) in [6, 6.07) is 0.